The second-order valence-corrected chi connectivity index (χ2v) is 6.37. The van der Waals surface area contributed by atoms with Crippen LogP contribution in [0.5, 0.6) is 0 Å². The topological polar surface area (TPSA) is 40.5 Å². The van der Waals surface area contributed by atoms with Crippen molar-refractivity contribution in [1.82, 2.24) is 0 Å². The predicted octanol–water partition coefficient (Wildman–Crippen LogP) is 3.80. The second-order valence-electron chi connectivity index (χ2n) is 3.50. The minimum absolute atomic E-state index is 0.357. The van der Waals surface area contributed by atoms with Gasteiger partial charge in [0.15, 0.2) is 0 Å². The van der Waals surface area contributed by atoms with E-state index in [2.05, 4.69) is 0 Å². The first-order valence-corrected chi connectivity index (χ1v) is 6.86. The maximum Gasteiger partial charge on any atom is 0.345 e. The maximum atomic E-state index is 10.8. The molecule has 0 saturated heterocycles. The fourth-order valence-corrected chi connectivity index (χ4v) is 3.34. The second kappa shape index (κ2) is 5.08. The van der Waals surface area contributed by atoms with Gasteiger partial charge in [-0.25, -0.2) is 4.79 Å². The van der Waals surface area contributed by atoms with Gasteiger partial charge >= 0.3 is 5.97 Å². The molecule has 2 aromatic rings. The molecule has 0 aliphatic rings. The lowest BCUT2D eigenvalue weighted by atomic mass is 10.4. The summed E-state index contributed by atoms with van der Waals surface area (Å²) in [6, 6.07) is 7.30. The molecular weight excluding hydrogens is 278 g/mol. The van der Waals surface area contributed by atoms with Gasteiger partial charge in [0.1, 0.15) is 4.88 Å². The molecule has 0 aromatic carbocycles. The summed E-state index contributed by atoms with van der Waals surface area (Å²) < 4.78 is 0.769. The zero-order valence-corrected chi connectivity index (χ0v) is 11.4. The molecule has 2 rings (SSSR count). The molecule has 2 heterocycles. The van der Waals surface area contributed by atoms with E-state index in [0.717, 1.165) is 20.8 Å². The van der Waals surface area contributed by atoms with Crippen LogP contribution in [0.15, 0.2) is 24.3 Å². The lowest BCUT2D eigenvalue weighted by Crippen LogP contribution is -2.13. The molecule has 17 heavy (non-hydrogen) atoms. The number of hydrogen-bond donors (Lipinski definition) is 1. The molecule has 0 aliphatic carbocycles. The van der Waals surface area contributed by atoms with Crippen LogP contribution in [-0.2, 0) is 6.54 Å². The minimum Gasteiger partial charge on any atom is -0.477 e. The van der Waals surface area contributed by atoms with E-state index in [1.54, 1.807) is 6.07 Å². The molecule has 0 aliphatic heterocycles. The average Bonchev–Trinajstić information content (AvgIpc) is 2.86. The van der Waals surface area contributed by atoms with E-state index in [-0.39, 0.29) is 0 Å². The van der Waals surface area contributed by atoms with E-state index in [4.69, 9.17) is 16.7 Å². The van der Waals surface area contributed by atoms with Crippen LogP contribution < -0.4 is 4.90 Å². The fraction of sp³-hybridized carbons (Fsp3) is 0.182. The Bertz CT molecular complexity index is 535. The zero-order chi connectivity index (χ0) is 12.4. The van der Waals surface area contributed by atoms with Crippen molar-refractivity contribution in [3.05, 3.63) is 38.4 Å². The molecule has 90 valence electrons. The lowest BCUT2D eigenvalue weighted by Gasteiger charge is -2.15. The number of aromatic carboxylic acids is 1. The summed E-state index contributed by atoms with van der Waals surface area (Å²) in [5.41, 5.74) is 0. The van der Waals surface area contributed by atoms with Crippen LogP contribution in [0.2, 0.25) is 4.34 Å². The van der Waals surface area contributed by atoms with Crippen LogP contribution in [0.3, 0.4) is 0 Å². The normalized spacial score (nSPS) is 10.5. The smallest absolute Gasteiger partial charge is 0.345 e. The van der Waals surface area contributed by atoms with Gasteiger partial charge in [0.2, 0.25) is 0 Å². The number of anilines is 1. The molecule has 0 bridgehead atoms. The SMILES string of the molecule is CN(Cc1ccc(Cl)s1)c1ccc(C(=O)O)s1. The highest BCUT2D eigenvalue weighted by atomic mass is 35.5. The van der Waals surface area contributed by atoms with Gasteiger partial charge in [-0.1, -0.05) is 11.6 Å². The Kier molecular flexibility index (Phi) is 3.71. The Morgan fingerprint density at radius 3 is 2.65 bits per heavy atom. The van der Waals surface area contributed by atoms with Gasteiger partial charge in [-0.05, 0) is 24.3 Å². The van der Waals surface area contributed by atoms with Crippen LogP contribution in [0.1, 0.15) is 14.5 Å². The zero-order valence-electron chi connectivity index (χ0n) is 9.01. The van der Waals surface area contributed by atoms with Crippen molar-refractivity contribution in [3.63, 3.8) is 0 Å². The summed E-state index contributed by atoms with van der Waals surface area (Å²) in [4.78, 5) is 14.3. The monoisotopic (exact) mass is 287 g/mol. The molecule has 0 radical (unpaired) electrons. The number of thiophene rings is 2. The van der Waals surface area contributed by atoms with Crippen LogP contribution in [0, 0.1) is 0 Å². The number of carbonyl (C=O) groups is 1. The molecule has 0 atom stereocenters. The molecular formula is C11H10ClNO2S2. The van der Waals surface area contributed by atoms with Crippen LogP contribution in [0.4, 0.5) is 5.00 Å². The first-order valence-electron chi connectivity index (χ1n) is 4.85. The Balaban J connectivity index is 2.08. The number of carboxylic acids is 1. The molecule has 0 spiro atoms. The van der Waals surface area contributed by atoms with E-state index >= 15 is 0 Å². The summed E-state index contributed by atoms with van der Waals surface area (Å²) >= 11 is 8.67. The highest BCUT2D eigenvalue weighted by Crippen LogP contribution is 2.28. The van der Waals surface area contributed by atoms with Crippen molar-refractivity contribution in [1.29, 1.82) is 0 Å². The van der Waals surface area contributed by atoms with Crippen molar-refractivity contribution >= 4 is 45.2 Å². The summed E-state index contributed by atoms with van der Waals surface area (Å²) in [6.07, 6.45) is 0. The van der Waals surface area contributed by atoms with Crippen LogP contribution in [-0.4, -0.2) is 18.1 Å². The van der Waals surface area contributed by atoms with Crippen LogP contribution in [0.25, 0.3) is 0 Å². The first-order chi connectivity index (χ1) is 8.06. The number of nitrogens with zero attached hydrogens (tertiary/aromatic N) is 1. The van der Waals surface area contributed by atoms with E-state index in [0.29, 0.717) is 4.88 Å². The highest BCUT2D eigenvalue weighted by molar-refractivity contribution is 7.18. The first kappa shape index (κ1) is 12.4. The minimum atomic E-state index is -0.881. The molecule has 0 saturated carbocycles. The lowest BCUT2D eigenvalue weighted by molar-refractivity contribution is 0.0702. The number of rotatable bonds is 4. The van der Waals surface area contributed by atoms with Crippen LogP contribution >= 0.6 is 34.3 Å². The Morgan fingerprint density at radius 1 is 1.35 bits per heavy atom. The van der Waals surface area contributed by atoms with E-state index in [1.165, 1.54) is 22.7 Å². The summed E-state index contributed by atoms with van der Waals surface area (Å²) in [5.74, 6) is -0.881. The third kappa shape index (κ3) is 3.00. The van der Waals surface area contributed by atoms with Crippen molar-refractivity contribution in [2.24, 2.45) is 0 Å². The fourth-order valence-electron chi connectivity index (χ4n) is 1.40. The summed E-state index contributed by atoms with van der Waals surface area (Å²) in [6.45, 7) is 0.733. The van der Waals surface area contributed by atoms with E-state index in [9.17, 15) is 4.79 Å². The number of halogens is 1. The third-order valence-electron chi connectivity index (χ3n) is 2.20. The number of carboxylic acid groups (broad SMARTS) is 1. The van der Waals surface area contributed by atoms with Gasteiger partial charge in [-0.15, -0.1) is 22.7 Å². The van der Waals surface area contributed by atoms with Crippen molar-refractivity contribution in [2.75, 3.05) is 11.9 Å². The van der Waals surface area contributed by atoms with Gasteiger partial charge in [-0.3, -0.25) is 0 Å². The van der Waals surface area contributed by atoms with E-state index < -0.39 is 5.97 Å². The van der Waals surface area contributed by atoms with Crippen molar-refractivity contribution in [3.8, 4) is 0 Å². The number of hydrogen-bond acceptors (Lipinski definition) is 4. The maximum absolute atomic E-state index is 10.8. The summed E-state index contributed by atoms with van der Waals surface area (Å²) in [5, 5.41) is 9.79. The standard InChI is InChI=1S/C11H10ClNO2S2/c1-13(6-7-2-4-9(12)16-7)10-5-3-8(17-10)11(14)15/h2-5H,6H2,1H3,(H,14,15). The molecule has 2 aromatic heterocycles. The molecule has 6 heteroatoms. The van der Waals surface area contributed by atoms with Gasteiger partial charge in [0.25, 0.3) is 0 Å². The van der Waals surface area contributed by atoms with Crippen molar-refractivity contribution in [2.45, 2.75) is 6.54 Å². The Hall–Kier alpha value is -1.04. The van der Waals surface area contributed by atoms with Crippen molar-refractivity contribution < 1.29 is 9.90 Å². The molecule has 1 N–H and O–H groups in total. The molecule has 0 unspecified atom stereocenters. The average molecular weight is 288 g/mol. The quantitative estimate of drug-likeness (QED) is 0.930. The molecule has 0 fully saturated rings. The van der Waals surface area contributed by atoms with Gasteiger partial charge in [-0.2, -0.15) is 0 Å². The molecule has 3 nitrogen and oxygen atoms in total. The van der Waals surface area contributed by atoms with Gasteiger partial charge < -0.3 is 10.0 Å². The van der Waals surface area contributed by atoms with Gasteiger partial charge in [0.05, 0.1) is 15.9 Å². The van der Waals surface area contributed by atoms with E-state index in [1.807, 2.05) is 30.1 Å². The Labute approximate surface area is 112 Å². The largest absolute Gasteiger partial charge is 0.477 e. The molecule has 0 amide bonds. The summed E-state index contributed by atoms with van der Waals surface area (Å²) in [7, 11) is 1.94. The van der Waals surface area contributed by atoms with Gasteiger partial charge in [0, 0.05) is 11.9 Å². The highest BCUT2D eigenvalue weighted by Gasteiger charge is 2.10. The predicted molar refractivity (Wildman–Crippen MR) is 72.7 cm³/mol. The Morgan fingerprint density at radius 2 is 2.12 bits per heavy atom. The third-order valence-corrected chi connectivity index (χ3v) is 4.60.